The fraction of sp³-hybridized carbons (Fsp3) is 0.176. The predicted octanol–water partition coefficient (Wildman–Crippen LogP) is 3.50. The van der Waals surface area contributed by atoms with E-state index in [2.05, 4.69) is 10.2 Å². The van der Waals surface area contributed by atoms with Crippen LogP contribution >= 0.6 is 11.8 Å². The van der Waals surface area contributed by atoms with Gasteiger partial charge >= 0.3 is 5.69 Å². The number of aryl methyl sites for hydroxylation is 1. The summed E-state index contributed by atoms with van der Waals surface area (Å²) >= 11 is 1.33. The fourth-order valence-corrected chi connectivity index (χ4v) is 2.75. The number of hydrogen-bond donors (Lipinski definition) is 2. The summed E-state index contributed by atoms with van der Waals surface area (Å²) in [6.45, 7) is 3.32. The normalized spacial score (nSPS) is 11.8. The number of hydrogen-bond acceptors (Lipinski definition) is 6. The van der Waals surface area contributed by atoms with E-state index in [-0.39, 0.29) is 16.4 Å². The highest BCUT2D eigenvalue weighted by molar-refractivity contribution is 8.13. The molecule has 0 atom stereocenters. The molecule has 0 aliphatic heterocycles. The van der Waals surface area contributed by atoms with E-state index in [0.717, 1.165) is 5.56 Å². The number of phenolic OH excluding ortho intramolecular Hbond substituents is 1. The van der Waals surface area contributed by atoms with Gasteiger partial charge in [-0.15, -0.1) is 5.10 Å². The molecule has 0 aliphatic carbocycles. The van der Waals surface area contributed by atoms with Gasteiger partial charge in [0, 0.05) is 16.9 Å². The van der Waals surface area contributed by atoms with Crippen LogP contribution in [0.5, 0.6) is 5.75 Å². The second kappa shape index (κ2) is 8.29. The molecule has 0 radical (unpaired) electrons. The molecule has 130 valence electrons. The number of nitrogens with zero attached hydrogens (tertiary/aromatic N) is 3. The van der Waals surface area contributed by atoms with Crippen LogP contribution in [0.4, 0.5) is 5.69 Å². The highest BCUT2D eigenvalue weighted by Crippen LogP contribution is 2.34. The number of nitro benzene ring substituents is 1. The van der Waals surface area contributed by atoms with Gasteiger partial charge in [0.2, 0.25) is 5.75 Å². The van der Waals surface area contributed by atoms with Crippen molar-refractivity contribution in [3.05, 3.63) is 68.8 Å². The number of thioether (sulfide) groups is 1. The first-order valence-corrected chi connectivity index (χ1v) is 8.39. The Labute approximate surface area is 149 Å². The van der Waals surface area contributed by atoms with Crippen molar-refractivity contribution >= 4 is 28.8 Å². The van der Waals surface area contributed by atoms with E-state index in [4.69, 9.17) is 5.73 Å². The van der Waals surface area contributed by atoms with E-state index in [1.54, 1.807) is 19.9 Å². The van der Waals surface area contributed by atoms with Crippen LogP contribution in [0.1, 0.15) is 22.3 Å². The van der Waals surface area contributed by atoms with Gasteiger partial charge in [-0.3, -0.25) is 10.1 Å². The molecule has 0 aromatic heterocycles. The van der Waals surface area contributed by atoms with Gasteiger partial charge in [0.25, 0.3) is 0 Å². The minimum atomic E-state index is -0.609. The maximum atomic E-state index is 11.1. The quantitative estimate of drug-likeness (QED) is 0.367. The lowest BCUT2D eigenvalue weighted by atomic mass is 10.0. The number of nitrogens with two attached hydrogens (primary N) is 1. The van der Waals surface area contributed by atoms with Gasteiger partial charge in [-0.2, -0.15) is 5.10 Å². The van der Waals surface area contributed by atoms with Gasteiger partial charge in [0.05, 0.1) is 11.1 Å². The van der Waals surface area contributed by atoms with Crippen LogP contribution in [-0.2, 0) is 5.75 Å². The second-order valence-electron chi connectivity index (χ2n) is 5.32. The fourth-order valence-electron chi connectivity index (χ4n) is 2.14. The van der Waals surface area contributed by atoms with Gasteiger partial charge in [-0.05, 0) is 31.0 Å². The maximum Gasteiger partial charge on any atom is 0.314 e. The Hall–Kier alpha value is -2.87. The van der Waals surface area contributed by atoms with Crippen molar-refractivity contribution in [2.24, 2.45) is 15.9 Å². The van der Waals surface area contributed by atoms with Crippen molar-refractivity contribution in [1.82, 2.24) is 0 Å². The molecule has 0 unspecified atom stereocenters. The van der Waals surface area contributed by atoms with Crippen LogP contribution in [0, 0.1) is 24.0 Å². The number of aromatic hydroxyl groups is 1. The van der Waals surface area contributed by atoms with E-state index in [9.17, 15) is 15.2 Å². The summed E-state index contributed by atoms with van der Waals surface area (Å²) in [5.41, 5.74) is 7.89. The SMILES string of the molecule is Cc1cc(C=NN=C(N)SCc2ccccc2)c(O)c([N+](=O)[O-])c1C. The van der Waals surface area contributed by atoms with E-state index in [1.165, 1.54) is 18.0 Å². The lowest BCUT2D eigenvalue weighted by Gasteiger charge is -2.06. The Morgan fingerprint density at radius 2 is 2.04 bits per heavy atom. The standard InChI is InChI=1S/C17H18N4O3S/c1-11-8-14(16(22)15(12(11)2)21(23)24)9-19-20-17(18)25-10-13-6-4-3-5-7-13/h3-9,22H,10H2,1-2H3,(H2,18,20). The molecule has 0 amide bonds. The zero-order valence-electron chi connectivity index (χ0n) is 13.8. The summed E-state index contributed by atoms with van der Waals surface area (Å²) in [5, 5.41) is 29.1. The lowest BCUT2D eigenvalue weighted by molar-refractivity contribution is -0.386. The zero-order chi connectivity index (χ0) is 18.4. The van der Waals surface area contributed by atoms with Crippen LogP contribution in [0.15, 0.2) is 46.6 Å². The van der Waals surface area contributed by atoms with Gasteiger partial charge in [0.15, 0.2) is 5.17 Å². The number of nitro groups is 1. The van der Waals surface area contributed by atoms with E-state index in [0.29, 0.717) is 16.9 Å². The Bertz CT molecular complexity index is 836. The van der Waals surface area contributed by atoms with Gasteiger partial charge in [-0.1, -0.05) is 42.1 Å². The van der Waals surface area contributed by atoms with Crippen LogP contribution in [0.25, 0.3) is 0 Å². The molecule has 0 spiro atoms. The van der Waals surface area contributed by atoms with E-state index in [1.807, 2.05) is 30.3 Å². The first-order valence-electron chi connectivity index (χ1n) is 7.41. The monoisotopic (exact) mass is 358 g/mol. The Morgan fingerprint density at radius 1 is 1.36 bits per heavy atom. The highest BCUT2D eigenvalue weighted by Gasteiger charge is 2.21. The average molecular weight is 358 g/mol. The first kappa shape index (κ1) is 18.5. The Balaban J connectivity index is 2.12. The van der Waals surface area contributed by atoms with Crippen molar-refractivity contribution in [3.63, 3.8) is 0 Å². The third-order valence-electron chi connectivity index (χ3n) is 3.58. The molecule has 2 rings (SSSR count). The molecule has 3 N–H and O–H groups in total. The van der Waals surface area contributed by atoms with E-state index < -0.39 is 10.7 Å². The molecule has 7 nitrogen and oxygen atoms in total. The summed E-state index contributed by atoms with van der Waals surface area (Å²) in [7, 11) is 0. The number of phenols is 1. The third kappa shape index (κ3) is 4.80. The van der Waals surface area contributed by atoms with Crippen molar-refractivity contribution in [1.29, 1.82) is 0 Å². The average Bonchev–Trinajstić information content (AvgIpc) is 2.58. The second-order valence-corrected chi connectivity index (χ2v) is 6.31. The van der Waals surface area contributed by atoms with Crippen molar-refractivity contribution < 1.29 is 10.0 Å². The molecule has 0 aliphatic rings. The van der Waals surface area contributed by atoms with Gasteiger partial charge < -0.3 is 10.8 Å². The molecule has 0 heterocycles. The Morgan fingerprint density at radius 3 is 2.68 bits per heavy atom. The molecule has 25 heavy (non-hydrogen) atoms. The summed E-state index contributed by atoms with van der Waals surface area (Å²) < 4.78 is 0. The molecule has 0 fully saturated rings. The van der Waals surface area contributed by atoms with Crippen LogP contribution in [-0.4, -0.2) is 21.4 Å². The van der Waals surface area contributed by atoms with Crippen molar-refractivity contribution in [2.45, 2.75) is 19.6 Å². The number of benzene rings is 2. The van der Waals surface area contributed by atoms with Crippen molar-refractivity contribution in [2.75, 3.05) is 0 Å². The summed E-state index contributed by atoms with van der Waals surface area (Å²) in [4.78, 5) is 10.5. The first-order chi connectivity index (χ1) is 11.9. The van der Waals surface area contributed by atoms with E-state index >= 15 is 0 Å². The Kier molecular flexibility index (Phi) is 6.13. The van der Waals surface area contributed by atoms with Gasteiger partial charge in [-0.25, -0.2) is 0 Å². The summed E-state index contributed by atoms with van der Waals surface area (Å²) in [6.07, 6.45) is 1.25. The lowest BCUT2D eigenvalue weighted by Crippen LogP contribution is -2.06. The maximum absolute atomic E-state index is 11.1. The minimum absolute atomic E-state index is 0.222. The molecule has 0 saturated heterocycles. The predicted molar refractivity (Wildman–Crippen MR) is 101 cm³/mol. The molecule has 0 bridgehead atoms. The number of rotatable bonds is 5. The highest BCUT2D eigenvalue weighted by atomic mass is 32.2. The van der Waals surface area contributed by atoms with Gasteiger partial charge in [0.1, 0.15) is 0 Å². The molecule has 2 aromatic rings. The smallest absolute Gasteiger partial charge is 0.314 e. The van der Waals surface area contributed by atoms with Crippen LogP contribution in [0.3, 0.4) is 0 Å². The largest absolute Gasteiger partial charge is 0.502 e. The van der Waals surface area contributed by atoms with Crippen molar-refractivity contribution in [3.8, 4) is 5.75 Å². The summed E-state index contributed by atoms with van der Waals surface area (Å²) in [6, 6.07) is 11.4. The van der Waals surface area contributed by atoms with Crippen LogP contribution < -0.4 is 5.73 Å². The molecule has 2 aromatic carbocycles. The molecule has 0 saturated carbocycles. The third-order valence-corrected chi connectivity index (χ3v) is 4.44. The number of amidine groups is 1. The minimum Gasteiger partial charge on any atom is -0.502 e. The topological polar surface area (TPSA) is 114 Å². The zero-order valence-corrected chi connectivity index (χ0v) is 14.7. The summed E-state index contributed by atoms with van der Waals surface area (Å²) in [5.74, 6) is 0.231. The van der Waals surface area contributed by atoms with Crippen LogP contribution in [0.2, 0.25) is 0 Å². The molecular formula is C17H18N4O3S. The molecule has 8 heteroatoms. The molecular weight excluding hydrogens is 340 g/mol.